The Balaban J connectivity index is 1.63. The molecule has 0 N–H and O–H groups in total. The number of ether oxygens (including phenoxy) is 2. The van der Waals surface area contributed by atoms with Gasteiger partial charge in [0, 0.05) is 17.8 Å². The molecule has 0 fully saturated rings. The highest BCUT2D eigenvalue weighted by atomic mass is 35.5. The number of rotatable bonds is 6. The van der Waals surface area contributed by atoms with Gasteiger partial charge in [0.05, 0.1) is 24.8 Å². The van der Waals surface area contributed by atoms with Crippen molar-refractivity contribution in [2.75, 3.05) is 7.11 Å². The van der Waals surface area contributed by atoms with Crippen LogP contribution in [0.1, 0.15) is 16.7 Å². The van der Waals surface area contributed by atoms with Crippen molar-refractivity contribution in [3.63, 3.8) is 0 Å². The molecule has 0 aliphatic rings. The number of methoxy groups -OCH3 is 1. The number of aromatic nitrogens is 3. The predicted octanol–water partition coefficient (Wildman–Crippen LogP) is 2.65. The molecule has 4 aromatic rings. The Hall–Kier alpha value is -3.58. The Morgan fingerprint density at radius 3 is 2.68 bits per heavy atom. The molecule has 0 aliphatic heterocycles. The smallest absolute Gasteiger partial charge is 0.344 e. The molecule has 0 bridgehead atoms. The lowest BCUT2D eigenvalue weighted by Gasteiger charge is -2.16. The fraction of sp³-hybridized carbons (Fsp3) is 0.174. The number of fused-ring (bicyclic) bond motifs is 1. The van der Waals surface area contributed by atoms with Crippen LogP contribution >= 0.6 is 11.6 Å². The summed E-state index contributed by atoms with van der Waals surface area (Å²) >= 11 is 5.81. The van der Waals surface area contributed by atoms with Crippen LogP contribution < -0.4 is 24.7 Å². The van der Waals surface area contributed by atoms with E-state index in [2.05, 4.69) is 4.98 Å². The first-order valence-corrected chi connectivity index (χ1v) is 9.96. The van der Waals surface area contributed by atoms with Crippen molar-refractivity contribution in [2.24, 2.45) is 0 Å². The van der Waals surface area contributed by atoms with E-state index in [9.17, 15) is 9.90 Å². The molecule has 7 nitrogen and oxygen atoms in total. The summed E-state index contributed by atoms with van der Waals surface area (Å²) in [6.45, 7) is 2.14. The maximum atomic E-state index is 12.8. The quantitative estimate of drug-likeness (QED) is 0.342. The minimum absolute atomic E-state index is 0.173. The standard InChI is InChI=1S/C23H20ClN3O4/c1-15-22(28)26-10-4-3-5-21(26)27(23(15)29)13-16-6-8-18(19(11-16)30-2)31-14-17-7-9-20(24)25-12-17/h3-12H,13-14H2,1-2H3. The van der Waals surface area contributed by atoms with Gasteiger partial charge in [0.2, 0.25) is 0 Å². The molecule has 8 heteroatoms. The normalized spacial score (nSPS) is 10.9. The predicted molar refractivity (Wildman–Crippen MR) is 114 cm³/mol. The highest BCUT2D eigenvalue weighted by Crippen LogP contribution is 2.29. The van der Waals surface area contributed by atoms with Crippen LogP contribution in [0.3, 0.4) is 0 Å². The van der Waals surface area contributed by atoms with Gasteiger partial charge in [-0.1, -0.05) is 29.8 Å². The first-order valence-electron chi connectivity index (χ1n) is 9.59. The van der Waals surface area contributed by atoms with E-state index in [1.807, 2.05) is 18.2 Å². The van der Waals surface area contributed by atoms with E-state index in [0.717, 1.165) is 11.1 Å². The first-order chi connectivity index (χ1) is 15.0. The molecule has 3 aromatic heterocycles. The second kappa shape index (κ2) is 8.65. The number of pyridine rings is 2. The monoisotopic (exact) mass is 437 g/mol. The molecule has 0 radical (unpaired) electrons. The molecule has 0 saturated carbocycles. The Morgan fingerprint density at radius 2 is 1.94 bits per heavy atom. The molecule has 4 rings (SSSR count). The largest absolute Gasteiger partial charge is 0.842 e. The van der Waals surface area contributed by atoms with Crippen LogP contribution in [0.2, 0.25) is 5.15 Å². The fourth-order valence-electron chi connectivity index (χ4n) is 3.32. The van der Waals surface area contributed by atoms with Crippen molar-refractivity contribution in [2.45, 2.75) is 20.1 Å². The molecular weight excluding hydrogens is 418 g/mol. The summed E-state index contributed by atoms with van der Waals surface area (Å²) in [4.78, 5) is 16.4. The maximum absolute atomic E-state index is 12.8. The summed E-state index contributed by atoms with van der Waals surface area (Å²) in [5.41, 5.74) is 2.10. The zero-order chi connectivity index (χ0) is 22.0. The van der Waals surface area contributed by atoms with Crippen LogP contribution in [0.15, 0.2) is 65.7 Å². The van der Waals surface area contributed by atoms with Crippen LogP contribution in [0.25, 0.3) is 5.65 Å². The molecular formula is C23H20ClN3O4. The molecule has 31 heavy (non-hydrogen) atoms. The van der Waals surface area contributed by atoms with Crippen molar-refractivity contribution in [3.8, 4) is 17.4 Å². The topological polar surface area (TPSA) is 79.8 Å². The van der Waals surface area contributed by atoms with Crippen LogP contribution in [0, 0.1) is 6.92 Å². The van der Waals surface area contributed by atoms with Crippen LogP contribution in [0.4, 0.5) is 0 Å². The lowest BCUT2D eigenvalue weighted by Crippen LogP contribution is -2.44. The van der Waals surface area contributed by atoms with Gasteiger partial charge < -0.3 is 14.6 Å². The highest BCUT2D eigenvalue weighted by Gasteiger charge is 2.17. The third-order valence-corrected chi connectivity index (χ3v) is 5.20. The third-order valence-electron chi connectivity index (χ3n) is 4.97. The third kappa shape index (κ3) is 4.18. The van der Waals surface area contributed by atoms with Gasteiger partial charge in [-0.2, -0.15) is 4.40 Å². The van der Waals surface area contributed by atoms with Gasteiger partial charge in [0.15, 0.2) is 11.5 Å². The van der Waals surface area contributed by atoms with E-state index >= 15 is 0 Å². The highest BCUT2D eigenvalue weighted by molar-refractivity contribution is 6.29. The van der Waals surface area contributed by atoms with Crippen molar-refractivity contribution < 1.29 is 19.1 Å². The van der Waals surface area contributed by atoms with Crippen molar-refractivity contribution in [3.05, 3.63) is 93.1 Å². The van der Waals surface area contributed by atoms with Crippen molar-refractivity contribution in [1.29, 1.82) is 0 Å². The average molecular weight is 438 g/mol. The molecule has 158 valence electrons. The molecule has 0 unspecified atom stereocenters. The molecule has 0 aliphatic carbocycles. The zero-order valence-electron chi connectivity index (χ0n) is 17.0. The summed E-state index contributed by atoms with van der Waals surface area (Å²) in [7, 11) is 1.56. The zero-order valence-corrected chi connectivity index (χ0v) is 17.8. The van der Waals surface area contributed by atoms with Crippen LogP contribution in [0.5, 0.6) is 17.4 Å². The summed E-state index contributed by atoms with van der Waals surface area (Å²) in [6.07, 6.45) is 3.31. The Morgan fingerprint density at radius 1 is 1.13 bits per heavy atom. The van der Waals surface area contributed by atoms with Gasteiger partial charge in [-0.05, 0) is 36.8 Å². The number of halogens is 1. The van der Waals surface area contributed by atoms with Gasteiger partial charge >= 0.3 is 5.56 Å². The minimum atomic E-state index is -0.314. The molecule has 0 amide bonds. The number of hydrogen-bond donors (Lipinski definition) is 0. The molecule has 0 atom stereocenters. The summed E-state index contributed by atoms with van der Waals surface area (Å²) in [5.74, 6) is 0.797. The Bertz CT molecular complexity index is 1300. The maximum Gasteiger partial charge on any atom is 0.344 e. The average Bonchev–Trinajstić information content (AvgIpc) is 2.80. The second-order valence-electron chi connectivity index (χ2n) is 7.01. The van der Waals surface area contributed by atoms with E-state index in [1.54, 1.807) is 61.3 Å². The number of benzene rings is 1. The van der Waals surface area contributed by atoms with E-state index in [1.165, 1.54) is 4.40 Å². The van der Waals surface area contributed by atoms with Crippen molar-refractivity contribution in [1.82, 2.24) is 9.38 Å². The van der Waals surface area contributed by atoms with Crippen LogP contribution in [-0.4, -0.2) is 16.5 Å². The minimum Gasteiger partial charge on any atom is -0.842 e. The molecule has 1 aromatic carbocycles. The Labute approximate surface area is 183 Å². The summed E-state index contributed by atoms with van der Waals surface area (Å²) in [5, 5.41) is 13.2. The summed E-state index contributed by atoms with van der Waals surface area (Å²) < 4.78 is 14.4. The van der Waals surface area contributed by atoms with Gasteiger partial charge in [-0.3, -0.25) is 0 Å². The van der Waals surface area contributed by atoms with Gasteiger partial charge in [-0.15, -0.1) is 0 Å². The van der Waals surface area contributed by atoms with Gasteiger partial charge in [-0.25, -0.2) is 14.3 Å². The van der Waals surface area contributed by atoms with Gasteiger partial charge in [0.25, 0.3) is 5.65 Å². The SMILES string of the molecule is COc1cc(C[n+]2c([O-])c(C)c(=O)n3ccccc32)ccc1OCc1ccc(Cl)nc1. The van der Waals surface area contributed by atoms with E-state index in [0.29, 0.717) is 28.9 Å². The van der Waals surface area contributed by atoms with Gasteiger partial charge in [0.1, 0.15) is 18.3 Å². The number of hydrogen-bond acceptors (Lipinski definition) is 5. The molecule has 0 spiro atoms. The fourth-order valence-corrected chi connectivity index (χ4v) is 3.43. The first kappa shape index (κ1) is 20.7. The lowest BCUT2D eigenvalue weighted by atomic mass is 10.2. The summed E-state index contributed by atoms with van der Waals surface area (Å²) in [6, 6.07) is 14.3. The van der Waals surface area contributed by atoms with Crippen molar-refractivity contribution >= 4 is 17.2 Å². The second-order valence-corrected chi connectivity index (χ2v) is 7.40. The van der Waals surface area contributed by atoms with E-state index in [-0.39, 0.29) is 23.5 Å². The molecule has 0 saturated heterocycles. The lowest BCUT2D eigenvalue weighted by molar-refractivity contribution is -0.709. The number of nitrogens with zero attached hydrogens (tertiary/aromatic N) is 3. The Kier molecular flexibility index (Phi) is 5.77. The van der Waals surface area contributed by atoms with E-state index < -0.39 is 0 Å². The van der Waals surface area contributed by atoms with E-state index in [4.69, 9.17) is 21.1 Å². The van der Waals surface area contributed by atoms with Crippen LogP contribution in [-0.2, 0) is 13.2 Å². The molecule has 3 heterocycles.